The van der Waals surface area contributed by atoms with Gasteiger partial charge in [-0.1, -0.05) is 0 Å². The van der Waals surface area contributed by atoms with Gasteiger partial charge in [0.2, 0.25) is 0 Å². The molecule has 0 bridgehead atoms. The van der Waals surface area contributed by atoms with Gasteiger partial charge in [0.05, 0.1) is 0 Å². The van der Waals surface area contributed by atoms with Crippen molar-refractivity contribution < 1.29 is 26.8 Å². The van der Waals surface area contributed by atoms with Crippen LogP contribution in [0.1, 0.15) is 20.3 Å². The van der Waals surface area contributed by atoms with E-state index in [1.54, 1.807) is 11.9 Å². The minimum atomic E-state index is -0.339. The van der Waals surface area contributed by atoms with Gasteiger partial charge in [-0.15, -0.1) is 0 Å². The molecule has 4 nitrogen and oxygen atoms in total. The zero-order valence-electron chi connectivity index (χ0n) is 8.38. The van der Waals surface area contributed by atoms with Gasteiger partial charge in [0, 0.05) is 0 Å². The molecule has 0 spiro atoms. The second-order valence-electron chi connectivity index (χ2n) is 3.87. The number of imide groups is 1. The van der Waals surface area contributed by atoms with Gasteiger partial charge in [-0.2, -0.15) is 0 Å². The predicted molar refractivity (Wildman–Crippen MR) is 57.6 cm³/mol. The molecule has 1 aliphatic heterocycles. The molecule has 1 aliphatic rings. The molecule has 0 aromatic carbocycles. The van der Waals surface area contributed by atoms with Crippen molar-refractivity contribution in [1.82, 2.24) is 9.80 Å². The van der Waals surface area contributed by atoms with Crippen LogP contribution in [0.2, 0.25) is 0 Å². The molecule has 0 aromatic rings. The summed E-state index contributed by atoms with van der Waals surface area (Å²) in [4.78, 5) is 26.5. The minimum absolute atomic E-state index is 0.0329. The zero-order chi connectivity index (χ0) is 10.9. The van der Waals surface area contributed by atoms with Gasteiger partial charge in [-0.25, -0.2) is 0 Å². The van der Waals surface area contributed by atoms with Crippen molar-refractivity contribution in [3.8, 4) is 0 Å². The van der Waals surface area contributed by atoms with Crippen LogP contribution in [0.3, 0.4) is 0 Å². The Balaban J connectivity index is 2.85. The van der Waals surface area contributed by atoms with Crippen LogP contribution in [-0.2, 0) is 4.79 Å². The zero-order valence-corrected chi connectivity index (χ0v) is 12.7. The van der Waals surface area contributed by atoms with E-state index >= 15 is 0 Å². The summed E-state index contributed by atoms with van der Waals surface area (Å²) in [5, 5.41) is 0. The van der Waals surface area contributed by atoms with Crippen LogP contribution in [0.4, 0.5) is 4.79 Å². The van der Waals surface area contributed by atoms with Crippen LogP contribution in [0.5, 0.6) is 0 Å². The summed E-state index contributed by atoms with van der Waals surface area (Å²) in [5.74, 6) is -0.0329. The molecule has 1 fully saturated rings. The summed E-state index contributed by atoms with van der Waals surface area (Å²) in [6, 6.07) is -0.150. The van der Waals surface area contributed by atoms with Crippen molar-refractivity contribution in [1.29, 1.82) is 0 Å². The number of amides is 3. The molecule has 14 heavy (non-hydrogen) atoms. The van der Waals surface area contributed by atoms with E-state index in [0.717, 1.165) is 0 Å². The van der Waals surface area contributed by atoms with Gasteiger partial charge in [0.15, 0.2) is 0 Å². The van der Waals surface area contributed by atoms with Crippen molar-refractivity contribution in [2.75, 3.05) is 11.6 Å². The van der Waals surface area contributed by atoms with E-state index < -0.39 is 0 Å². The number of hydrogen-bond acceptors (Lipinski definition) is 2. The van der Waals surface area contributed by atoms with Crippen LogP contribution in [0.15, 0.2) is 0 Å². The Morgan fingerprint density at radius 2 is 2.07 bits per heavy atom. The van der Waals surface area contributed by atoms with Crippen molar-refractivity contribution in [3.63, 3.8) is 0 Å². The monoisotopic (exact) mass is 423 g/mol. The van der Waals surface area contributed by atoms with Gasteiger partial charge in [-0.05, 0) is 0 Å². The Hall–Kier alpha value is 0.400. The van der Waals surface area contributed by atoms with Crippen molar-refractivity contribution in [3.05, 3.63) is 0 Å². The van der Waals surface area contributed by atoms with Crippen LogP contribution in [0.25, 0.3) is 0 Å². The van der Waals surface area contributed by atoms with Gasteiger partial charge >= 0.3 is 105 Å². The second kappa shape index (κ2) is 4.50. The fourth-order valence-corrected chi connectivity index (χ4v) is 3.95. The first-order valence-corrected chi connectivity index (χ1v) is 12.0. The third kappa shape index (κ3) is 2.31. The number of alkyl halides is 1. The predicted octanol–water partition coefficient (Wildman–Crippen LogP) is -1.55. The number of carbonyl (C=O) groups excluding carboxylic acids is 2. The molecular weight excluding hydrogens is 410 g/mol. The van der Waals surface area contributed by atoms with Gasteiger partial charge < -0.3 is 0 Å². The molecule has 0 radical (unpaired) electrons. The molecule has 0 aromatic heterocycles. The van der Waals surface area contributed by atoms with Crippen LogP contribution < -0.4 is 17.2 Å². The summed E-state index contributed by atoms with van der Waals surface area (Å²) in [5.41, 5.74) is -0.339. The maximum absolute atomic E-state index is 11.8. The van der Waals surface area contributed by atoms with Gasteiger partial charge in [-0.3, -0.25) is 0 Å². The summed E-state index contributed by atoms with van der Waals surface area (Å²) >= 11 is 2.18. The number of nitrogens with zero attached hydrogens (tertiary/aromatic N) is 2. The molecule has 3 amide bonds. The molecule has 82 valence electrons. The molecule has 0 unspecified atom stereocenters. The first kappa shape index (κ1) is 12.5. The fraction of sp³-hybridized carbons (Fsp3) is 0.750. The summed E-state index contributed by atoms with van der Waals surface area (Å²) < 4.78 is 0.623. The average molecular weight is 423 g/mol. The second-order valence-corrected chi connectivity index (χ2v) is 9.00. The third-order valence-electron chi connectivity index (χ3n) is 2.48. The molecule has 0 aliphatic carbocycles. The van der Waals surface area contributed by atoms with Gasteiger partial charge in [0.1, 0.15) is 0 Å². The van der Waals surface area contributed by atoms with Crippen molar-refractivity contribution >= 4 is 30.6 Å². The topological polar surface area (TPSA) is 40.6 Å². The summed E-state index contributed by atoms with van der Waals surface area (Å²) in [6.45, 7) is 3.83. The van der Waals surface area contributed by atoms with E-state index in [2.05, 4.69) is 18.6 Å². The van der Waals surface area contributed by atoms with Crippen LogP contribution >= 0.6 is 18.6 Å². The molecule has 6 heteroatoms. The normalized spacial score (nSPS) is 22.0. The number of halogens is 2. The number of urea groups is 1. The molecule has 0 N–H and O–H groups in total. The first-order valence-electron chi connectivity index (χ1n) is 4.18. The van der Waals surface area contributed by atoms with E-state index in [-0.39, 0.29) is 34.7 Å². The molecule has 0 atom stereocenters. The Kier molecular flexibility index (Phi) is 4.01. The summed E-state index contributed by atoms with van der Waals surface area (Å²) in [6.07, 6.45) is 0.426. The Bertz CT molecular complexity index is 268. The SMILES string of the molecule is CN1C(=O)N(C[I-]I)C(=O)CC1(C)C. The van der Waals surface area contributed by atoms with Crippen LogP contribution in [-0.4, -0.2) is 38.9 Å². The molecule has 1 rings (SSSR count). The van der Waals surface area contributed by atoms with E-state index in [1.807, 2.05) is 13.8 Å². The van der Waals surface area contributed by atoms with E-state index in [4.69, 9.17) is 0 Å². The average Bonchev–Trinajstić information content (AvgIpc) is 2.08. The van der Waals surface area contributed by atoms with Crippen molar-refractivity contribution in [2.24, 2.45) is 0 Å². The standard InChI is InChI=1S/C8H13I2N2O2/c1-8(2)4-6(13)12(5-10-9)7(14)11(8)3/h4-5H2,1-3H3/q-1. The molecule has 0 saturated carbocycles. The third-order valence-corrected chi connectivity index (χ3v) is 5.15. The summed E-state index contributed by atoms with van der Waals surface area (Å²) in [7, 11) is 1.76. The van der Waals surface area contributed by atoms with E-state index in [1.165, 1.54) is 4.90 Å². The van der Waals surface area contributed by atoms with Crippen LogP contribution in [0, 0.1) is 0 Å². The quantitative estimate of drug-likeness (QED) is 0.307. The Morgan fingerprint density at radius 1 is 1.50 bits per heavy atom. The van der Waals surface area contributed by atoms with E-state index in [0.29, 0.717) is 11.0 Å². The molecular formula is C8H13I2N2O2-. The number of carbonyl (C=O) groups is 2. The van der Waals surface area contributed by atoms with Crippen molar-refractivity contribution in [2.45, 2.75) is 25.8 Å². The number of hydrogen-bond donors (Lipinski definition) is 0. The Labute approximate surface area is 104 Å². The number of rotatable bonds is 2. The maximum atomic E-state index is 11.8. The molecule has 1 heterocycles. The Morgan fingerprint density at radius 3 is 2.57 bits per heavy atom. The first-order chi connectivity index (χ1) is 6.40. The van der Waals surface area contributed by atoms with E-state index in [9.17, 15) is 9.59 Å². The molecule has 1 saturated heterocycles. The van der Waals surface area contributed by atoms with Gasteiger partial charge in [0.25, 0.3) is 0 Å². The fourth-order valence-electron chi connectivity index (χ4n) is 1.29.